The minimum Gasteiger partial charge on any atom is -0.486 e. The maximum absolute atomic E-state index is 13.5. The number of aliphatic hydroxyl groups is 1. The van der Waals surface area contributed by atoms with Gasteiger partial charge >= 0.3 is 5.97 Å². The van der Waals surface area contributed by atoms with Gasteiger partial charge in [-0.3, -0.25) is 4.79 Å². The van der Waals surface area contributed by atoms with Crippen LogP contribution in [-0.2, 0) is 22.7 Å². The van der Waals surface area contributed by atoms with Crippen LogP contribution in [0.15, 0.2) is 23.0 Å². The summed E-state index contributed by atoms with van der Waals surface area (Å²) >= 11 is 0. The van der Waals surface area contributed by atoms with E-state index >= 15 is 0 Å². The van der Waals surface area contributed by atoms with Gasteiger partial charge in [0.2, 0.25) is 0 Å². The minimum absolute atomic E-state index is 0.139. The van der Waals surface area contributed by atoms with Gasteiger partial charge in [-0.2, -0.15) is 0 Å². The first kappa shape index (κ1) is 20.7. The summed E-state index contributed by atoms with van der Waals surface area (Å²) in [5.74, 6) is 0.645. The molecule has 180 valence electrons. The fourth-order valence-electron chi connectivity index (χ4n) is 5.58. The van der Waals surface area contributed by atoms with Crippen molar-refractivity contribution in [3.8, 4) is 22.9 Å². The smallest absolute Gasteiger partial charge is 0.340 e. The van der Waals surface area contributed by atoms with E-state index in [1.807, 2.05) is 12.1 Å². The van der Waals surface area contributed by atoms with Gasteiger partial charge in [0.25, 0.3) is 5.56 Å². The highest BCUT2D eigenvalue weighted by molar-refractivity contribution is 6.03. The van der Waals surface area contributed by atoms with Crippen LogP contribution in [0.1, 0.15) is 22.8 Å². The molecule has 1 unspecified atom stereocenters. The molecule has 1 N–H and O–H groups in total. The number of pyridine rings is 2. The number of benzene rings is 1. The topological polar surface area (TPSA) is 106 Å². The standard InChI is InChI=1S/C25H24N4O6/c1-27-4-6-28(7-5-27)21-14-11-29-17(10-13-15(24(29)31)12-35-25(32)22(13)30)20(14)26-16-2-3-18-23(19(16)21)34-9-8-33-18/h2-3,10,22,30H,4-9,11-12H2,1H3. The first-order valence-electron chi connectivity index (χ1n) is 11.8. The number of piperazine rings is 1. The SMILES string of the molecule is CN1CCN(c2c3c(nc4ccc5c(c24)OCCO5)-c2cc4c(c(=O)n2C3)COC(=O)C4O)CC1. The van der Waals surface area contributed by atoms with E-state index in [1.165, 1.54) is 0 Å². The summed E-state index contributed by atoms with van der Waals surface area (Å²) in [4.78, 5) is 35.0. The number of hydrogen-bond donors (Lipinski definition) is 1. The van der Waals surface area contributed by atoms with E-state index < -0.39 is 12.1 Å². The predicted octanol–water partition coefficient (Wildman–Crippen LogP) is 1.04. The molecule has 10 nitrogen and oxygen atoms in total. The molecule has 1 saturated heterocycles. The third-order valence-electron chi connectivity index (χ3n) is 7.42. The van der Waals surface area contributed by atoms with Crippen molar-refractivity contribution in [3.05, 3.63) is 45.2 Å². The average Bonchev–Trinajstić information content (AvgIpc) is 3.24. The molecule has 1 atom stereocenters. The number of nitrogens with zero attached hydrogens (tertiary/aromatic N) is 4. The highest BCUT2D eigenvalue weighted by Gasteiger charge is 2.36. The van der Waals surface area contributed by atoms with E-state index in [2.05, 4.69) is 16.8 Å². The fraction of sp³-hybridized carbons (Fsp3) is 0.400. The normalized spacial score (nSPS) is 20.9. The summed E-state index contributed by atoms with van der Waals surface area (Å²) in [6.45, 7) is 4.65. The Kier molecular flexibility index (Phi) is 4.40. The van der Waals surface area contributed by atoms with Gasteiger partial charge in [0.15, 0.2) is 17.6 Å². The second-order valence-corrected chi connectivity index (χ2v) is 9.43. The van der Waals surface area contributed by atoms with Crippen molar-refractivity contribution in [2.45, 2.75) is 19.3 Å². The van der Waals surface area contributed by atoms with Gasteiger partial charge in [0.1, 0.15) is 19.8 Å². The molecule has 4 aliphatic rings. The number of carbonyl (C=O) groups excluding carboxylic acids is 1. The van der Waals surface area contributed by atoms with Gasteiger partial charge < -0.3 is 33.7 Å². The van der Waals surface area contributed by atoms with Gasteiger partial charge in [-0.25, -0.2) is 9.78 Å². The van der Waals surface area contributed by atoms with Gasteiger partial charge in [0.05, 0.1) is 40.1 Å². The Morgan fingerprint density at radius 2 is 1.83 bits per heavy atom. The number of aromatic nitrogens is 2. The van der Waals surface area contributed by atoms with Crippen molar-refractivity contribution in [2.75, 3.05) is 51.3 Å². The van der Waals surface area contributed by atoms with Crippen molar-refractivity contribution < 1.29 is 24.1 Å². The van der Waals surface area contributed by atoms with E-state index in [0.29, 0.717) is 53.8 Å². The Bertz CT molecular complexity index is 1470. The van der Waals surface area contributed by atoms with Gasteiger partial charge in [-0.15, -0.1) is 0 Å². The molecule has 0 radical (unpaired) electrons. The molecule has 4 aliphatic heterocycles. The molecule has 0 amide bonds. The van der Waals surface area contributed by atoms with E-state index in [0.717, 1.165) is 48.3 Å². The molecule has 0 spiro atoms. The largest absolute Gasteiger partial charge is 0.486 e. The molecule has 35 heavy (non-hydrogen) atoms. The third-order valence-corrected chi connectivity index (χ3v) is 7.42. The van der Waals surface area contributed by atoms with Crippen LogP contribution in [0.3, 0.4) is 0 Å². The Labute approximate surface area is 200 Å². The number of ether oxygens (including phenoxy) is 3. The molecule has 0 saturated carbocycles. The molecule has 1 fully saturated rings. The van der Waals surface area contributed by atoms with Gasteiger partial charge in [0, 0.05) is 37.3 Å². The molecule has 1 aromatic carbocycles. The summed E-state index contributed by atoms with van der Waals surface area (Å²) in [6.07, 6.45) is -1.48. The van der Waals surface area contributed by atoms with Gasteiger partial charge in [-0.05, 0) is 25.2 Å². The Hall–Kier alpha value is -3.63. The highest BCUT2D eigenvalue weighted by atomic mass is 16.6. The monoisotopic (exact) mass is 476 g/mol. The first-order valence-corrected chi connectivity index (χ1v) is 11.8. The number of aliphatic hydroxyl groups excluding tert-OH is 1. The third kappa shape index (κ3) is 2.93. The summed E-state index contributed by atoms with van der Waals surface area (Å²) in [5.41, 5.74) is 4.33. The fourth-order valence-corrected chi connectivity index (χ4v) is 5.58. The number of cyclic esters (lactones) is 1. The molecule has 0 aliphatic carbocycles. The molecule has 2 aromatic heterocycles. The average molecular weight is 476 g/mol. The lowest BCUT2D eigenvalue weighted by atomic mass is 9.99. The van der Waals surface area contributed by atoms with Crippen LogP contribution in [-0.4, -0.2) is 72.0 Å². The first-order chi connectivity index (χ1) is 17.0. The van der Waals surface area contributed by atoms with Crippen molar-refractivity contribution >= 4 is 22.6 Å². The maximum atomic E-state index is 13.5. The van der Waals surface area contributed by atoms with E-state index in [4.69, 9.17) is 19.2 Å². The predicted molar refractivity (Wildman–Crippen MR) is 126 cm³/mol. The van der Waals surface area contributed by atoms with Crippen LogP contribution in [0.4, 0.5) is 5.69 Å². The maximum Gasteiger partial charge on any atom is 0.340 e. The molecule has 0 bridgehead atoms. The molecular formula is C25H24N4O6. The van der Waals surface area contributed by atoms with E-state index in [9.17, 15) is 14.7 Å². The minimum atomic E-state index is -1.48. The lowest BCUT2D eigenvalue weighted by Crippen LogP contribution is -2.45. The number of hydrogen-bond acceptors (Lipinski definition) is 9. The lowest BCUT2D eigenvalue weighted by Gasteiger charge is -2.36. The van der Waals surface area contributed by atoms with Crippen LogP contribution < -0.4 is 19.9 Å². The van der Waals surface area contributed by atoms with Gasteiger partial charge in [-0.1, -0.05) is 0 Å². The van der Waals surface area contributed by atoms with Crippen molar-refractivity contribution in [2.24, 2.45) is 0 Å². The van der Waals surface area contributed by atoms with Crippen molar-refractivity contribution in [3.63, 3.8) is 0 Å². The van der Waals surface area contributed by atoms with E-state index in [1.54, 1.807) is 10.6 Å². The second kappa shape index (κ2) is 7.43. The van der Waals surface area contributed by atoms with Crippen LogP contribution in [0, 0.1) is 0 Å². The van der Waals surface area contributed by atoms with Crippen LogP contribution in [0.25, 0.3) is 22.3 Å². The molecule has 10 heteroatoms. The van der Waals surface area contributed by atoms with Crippen LogP contribution >= 0.6 is 0 Å². The number of carbonyl (C=O) groups is 1. The summed E-state index contributed by atoms with van der Waals surface area (Å²) in [6, 6.07) is 5.52. The molecule has 3 aromatic rings. The molecule has 6 heterocycles. The number of likely N-dealkylation sites (N-methyl/N-ethyl adjacent to an activating group) is 1. The number of esters is 1. The lowest BCUT2D eigenvalue weighted by molar-refractivity contribution is -0.157. The zero-order valence-corrected chi connectivity index (χ0v) is 19.2. The number of anilines is 1. The number of rotatable bonds is 1. The van der Waals surface area contributed by atoms with Crippen LogP contribution in [0.5, 0.6) is 11.5 Å². The zero-order valence-electron chi connectivity index (χ0n) is 19.2. The van der Waals surface area contributed by atoms with E-state index in [-0.39, 0.29) is 12.2 Å². The zero-order chi connectivity index (χ0) is 23.8. The number of fused-ring (bicyclic) bond motifs is 7. The summed E-state index contributed by atoms with van der Waals surface area (Å²) < 4.78 is 18.7. The second-order valence-electron chi connectivity index (χ2n) is 9.43. The Balaban J connectivity index is 1.50. The Morgan fingerprint density at radius 3 is 2.66 bits per heavy atom. The summed E-state index contributed by atoms with van der Waals surface area (Å²) in [7, 11) is 2.11. The molecule has 7 rings (SSSR count). The van der Waals surface area contributed by atoms with Crippen molar-refractivity contribution in [1.82, 2.24) is 14.5 Å². The molecular weight excluding hydrogens is 452 g/mol. The highest BCUT2D eigenvalue weighted by Crippen LogP contribution is 2.48. The van der Waals surface area contributed by atoms with Crippen LogP contribution in [0.2, 0.25) is 0 Å². The quantitative estimate of drug-likeness (QED) is 0.403. The summed E-state index contributed by atoms with van der Waals surface area (Å²) in [5, 5.41) is 11.3. The van der Waals surface area contributed by atoms with Crippen molar-refractivity contribution in [1.29, 1.82) is 0 Å². The Morgan fingerprint density at radius 1 is 1.03 bits per heavy atom.